The maximum absolute atomic E-state index is 12.3. The molecule has 1 aliphatic carbocycles. The maximum atomic E-state index is 12.3. The molecule has 6 heteroatoms. The van der Waals surface area contributed by atoms with Crippen molar-refractivity contribution in [2.75, 3.05) is 13.2 Å². The minimum Gasteiger partial charge on any atom is -0.462 e. The number of hydrogen-bond donors (Lipinski definition) is 1. The second-order valence-electron chi connectivity index (χ2n) is 5.87. The minimum absolute atomic E-state index is 0.192. The molecule has 0 aromatic heterocycles. The number of hydrogen-bond acceptors (Lipinski definition) is 4. The maximum Gasteiger partial charge on any atom is 0.338 e. The molecule has 0 spiro atoms. The molecule has 1 aliphatic rings. The Morgan fingerprint density at radius 1 is 1.21 bits per heavy atom. The van der Waals surface area contributed by atoms with Crippen molar-refractivity contribution >= 4 is 21.6 Å². The molecule has 0 bridgehead atoms. The van der Waals surface area contributed by atoms with Crippen molar-refractivity contribution in [1.82, 2.24) is 4.72 Å². The first-order valence-electron chi connectivity index (χ1n) is 8.47. The van der Waals surface area contributed by atoms with Crippen LogP contribution in [0.15, 0.2) is 35.2 Å². The molecule has 0 saturated heterocycles. The molecule has 0 unspecified atom stereocenters. The molecule has 5 nitrogen and oxygen atoms in total. The van der Waals surface area contributed by atoms with Gasteiger partial charge < -0.3 is 4.74 Å². The van der Waals surface area contributed by atoms with E-state index in [4.69, 9.17) is 4.74 Å². The second-order valence-corrected chi connectivity index (χ2v) is 7.64. The second kappa shape index (κ2) is 8.44. The first-order valence-corrected chi connectivity index (χ1v) is 9.95. The standard InChI is InChI=1S/C18H25NO4S/c1-3-19-24(21,22)16-11-9-15(10-12-16)17(18(20)23-4-2)13-14-7-5-6-8-14/h9-14,19H,3-8H2,1-2H3. The lowest BCUT2D eigenvalue weighted by atomic mass is 9.99. The van der Waals surface area contributed by atoms with E-state index in [0.717, 1.165) is 12.8 Å². The summed E-state index contributed by atoms with van der Waals surface area (Å²) in [6.45, 7) is 4.15. The number of nitrogens with one attached hydrogen (secondary N) is 1. The average molecular weight is 351 g/mol. The summed E-state index contributed by atoms with van der Waals surface area (Å²) in [6, 6.07) is 6.38. The highest BCUT2D eigenvalue weighted by Gasteiger charge is 2.20. The highest BCUT2D eigenvalue weighted by atomic mass is 32.2. The first-order chi connectivity index (χ1) is 11.5. The predicted molar refractivity (Wildman–Crippen MR) is 93.9 cm³/mol. The van der Waals surface area contributed by atoms with Gasteiger partial charge in [-0.3, -0.25) is 0 Å². The Morgan fingerprint density at radius 2 is 1.83 bits per heavy atom. The predicted octanol–water partition coefficient (Wildman–Crippen LogP) is 3.12. The van der Waals surface area contributed by atoms with Crippen molar-refractivity contribution in [2.45, 2.75) is 44.4 Å². The molecule has 1 fully saturated rings. The van der Waals surface area contributed by atoms with Gasteiger partial charge in [0.15, 0.2) is 0 Å². The molecule has 1 N–H and O–H groups in total. The molecule has 0 aliphatic heterocycles. The number of benzene rings is 1. The summed E-state index contributed by atoms with van der Waals surface area (Å²) in [7, 11) is -3.49. The van der Waals surface area contributed by atoms with Crippen molar-refractivity contribution < 1.29 is 17.9 Å². The van der Waals surface area contributed by atoms with Crippen LogP contribution in [-0.4, -0.2) is 27.5 Å². The summed E-state index contributed by atoms with van der Waals surface area (Å²) in [4.78, 5) is 12.5. The van der Waals surface area contributed by atoms with E-state index in [1.54, 1.807) is 26.0 Å². The number of rotatable bonds is 7. The lowest BCUT2D eigenvalue weighted by Crippen LogP contribution is -2.23. The number of esters is 1. The van der Waals surface area contributed by atoms with Crippen LogP contribution >= 0.6 is 0 Å². The number of carbonyl (C=O) groups is 1. The highest BCUT2D eigenvalue weighted by molar-refractivity contribution is 7.89. The van der Waals surface area contributed by atoms with Crippen molar-refractivity contribution in [1.29, 1.82) is 0 Å². The molecule has 0 atom stereocenters. The van der Waals surface area contributed by atoms with Crippen LogP contribution in [0.1, 0.15) is 45.1 Å². The SMILES string of the molecule is CCNS(=O)(=O)c1ccc(C(=CC2CCCC2)C(=O)OCC)cc1. The van der Waals surface area contributed by atoms with E-state index in [-0.39, 0.29) is 10.9 Å². The Morgan fingerprint density at radius 3 is 2.38 bits per heavy atom. The zero-order valence-corrected chi connectivity index (χ0v) is 15.1. The molecule has 132 valence electrons. The van der Waals surface area contributed by atoms with Crippen LogP contribution in [0.4, 0.5) is 0 Å². The van der Waals surface area contributed by atoms with Gasteiger partial charge in [-0.25, -0.2) is 17.9 Å². The zero-order valence-electron chi connectivity index (χ0n) is 14.2. The smallest absolute Gasteiger partial charge is 0.338 e. The van der Waals surface area contributed by atoms with Crippen molar-refractivity contribution in [3.05, 3.63) is 35.9 Å². The normalized spacial score (nSPS) is 16.3. The fourth-order valence-electron chi connectivity index (χ4n) is 2.94. The van der Waals surface area contributed by atoms with E-state index in [2.05, 4.69) is 4.72 Å². The number of carbonyl (C=O) groups excluding carboxylic acids is 1. The Balaban J connectivity index is 2.31. The molecule has 1 aromatic rings. The monoisotopic (exact) mass is 351 g/mol. The van der Waals surface area contributed by atoms with Crippen molar-refractivity contribution in [2.24, 2.45) is 5.92 Å². The third-order valence-electron chi connectivity index (χ3n) is 4.11. The molecule has 1 aromatic carbocycles. The summed E-state index contributed by atoms with van der Waals surface area (Å²) in [6.07, 6.45) is 6.50. The van der Waals surface area contributed by atoms with Crippen molar-refractivity contribution in [3.63, 3.8) is 0 Å². The fraction of sp³-hybridized carbons (Fsp3) is 0.500. The molecule has 1 saturated carbocycles. The molecule has 2 rings (SSSR count). The van der Waals surface area contributed by atoms with Crippen LogP contribution in [0, 0.1) is 5.92 Å². The summed E-state index contributed by atoms with van der Waals surface area (Å²) < 4.78 is 31.6. The first kappa shape index (κ1) is 18.7. The summed E-state index contributed by atoms with van der Waals surface area (Å²) >= 11 is 0. The minimum atomic E-state index is -3.49. The third-order valence-corrected chi connectivity index (χ3v) is 5.67. The van der Waals surface area contributed by atoms with E-state index in [1.807, 2.05) is 6.08 Å². The van der Waals surface area contributed by atoms with Crippen LogP contribution in [0.3, 0.4) is 0 Å². The number of ether oxygens (including phenoxy) is 1. The van der Waals surface area contributed by atoms with Crippen LogP contribution in [0.5, 0.6) is 0 Å². The summed E-state index contributed by atoms with van der Waals surface area (Å²) in [5.41, 5.74) is 1.21. The van der Waals surface area contributed by atoms with Gasteiger partial charge in [0, 0.05) is 6.54 Å². The highest BCUT2D eigenvalue weighted by Crippen LogP contribution is 2.30. The summed E-state index contributed by atoms with van der Waals surface area (Å²) in [5.74, 6) is 0.0289. The van der Waals surface area contributed by atoms with E-state index >= 15 is 0 Å². The van der Waals surface area contributed by atoms with Gasteiger partial charge in [0.25, 0.3) is 0 Å². The lowest BCUT2D eigenvalue weighted by Gasteiger charge is -2.11. The van der Waals surface area contributed by atoms with Gasteiger partial charge >= 0.3 is 5.97 Å². The van der Waals surface area contributed by atoms with Crippen LogP contribution in [0.2, 0.25) is 0 Å². The van der Waals surface area contributed by atoms with Gasteiger partial charge in [0.2, 0.25) is 10.0 Å². The van der Waals surface area contributed by atoms with Crippen LogP contribution < -0.4 is 4.72 Å². The number of sulfonamides is 1. The topological polar surface area (TPSA) is 72.5 Å². The Hall–Kier alpha value is -1.66. The largest absolute Gasteiger partial charge is 0.462 e. The van der Waals surface area contributed by atoms with Gasteiger partial charge in [0.05, 0.1) is 17.1 Å². The van der Waals surface area contributed by atoms with Gasteiger partial charge in [0.1, 0.15) is 0 Å². The molecular weight excluding hydrogens is 326 g/mol. The molecule has 0 radical (unpaired) electrons. The van der Waals surface area contributed by atoms with Gasteiger partial charge in [-0.15, -0.1) is 0 Å². The van der Waals surface area contributed by atoms with Gasteiger partial charge in [-0.05, 0) is 43.4 Å². The van der Waals surface area contributed by atoms with Crippen LogP contribution in [-0.2, 0) is 19.6 Å². The molecule has 24 heavy (non-hydrogen) atoms. The van der Waals surface area contributed by atoms with Crippen LogP contribution in [0.25, 0.3) is 5.57 Å². The van der Waals surface area contributed by atoms with E-state index in [9.17, 15) is 13.2 Å². The average Bonchev–Trinajstić information content (AvgIpc) is 3.06. The molecule has 0 heterocycles. The fourth-order valence-corrected chi connectivity index (χ4v) is 3.98. The molecular formula is C18H25NO4S. The van der Waals surface area contributed by atoms with Crippen molar-refractivity contribution in [3.8, 4) is 0 Å². The van der Waals surface area contributed by atoms with E-state index < -0.39 is 10.0 Å². The van der Waals surface area contributed by atoms with Gasteiger partial charge in [-0.2, -0.15) is 0 Å². The Bertz CT molecular complexity index is 686. The number of allylic oxidation sites excluding steroid dienone is 1. The van der Waals surface area contributed by atoms with E-state index in [0.29, 0.717) is 30.2 Å². The third kappa shape index (κ3) is 4.68. The van der Waals surface area contributed by atoms with Gasteiger partial charge in [-0.1, -0.05) is 38.0 Å². The van der Waals surface area contributed by atoms with E-state index in [1.165, 1.54) is 25.0 Å². The Labute approximate surface area is 144 Å². The Kier molecular flexibility index (Phi) is 6.57. The lowest BCUT2D eigenvalue weighted by molar-refractivity contribution is -0.136. The summed E-state index contributed by atoms with van der Waals surface area (Å²) in [5, 5.41) is 0. The molecule has 0 amide bonds. The zero-order chi connectivity index (χ0) is 17.6. The quantitative estimate of drug-likeness (QED) is 0.605.